The Morgan fingerprint density at radius 3 is 2.42 bits per heavy atom. The standard InChI is InChI=1S/C30H34BrN3O2/c1-30(2,3)23-13-17-25(18-14-23)36-21-7-20-34-27-9-5-4-8-26(27)33-28(34)10-6-19-32-29(35)22-11-15-24(31)16-12-22/h4-5,8-9,11-18H,6-7,10,19-21H2,1-3H3,(H,32,35). The lowest BCUT2D eigenvalue weighted by atomic mass is 9.87. The van der Waals surface area contributed by atoms with Crippen LogP contribution in [0.3, 0.4) is 0 Å². The molecule has 1 heterocycles. The van der Waals surface area contributed by atoms with Gasteiger partial charge in [0.15, 0.2) is 0 Å². The third kappa shape index (κ3) is 6.76. The van der Waals surface area contributed by atoms with Crippen LogP contribution in [0.1, 0.15) is 55.4 Å². The lowest BCUT2D eigenvalue weighted by Crippen LogP contribution is -2.25. The predicted octanol–water partition coefficient (Wildman–Crippen LogP) is 6.93. The van der Waals surface area contributed by atoms with Crippen molar-refractivity contribution in [3.05, 3.63) is 94.2 Å². The molecule has 188 valence electrons. The number of nitrogens with one attached hydrogen (secondary N) is 1. The Bertz CT molecular complexity index is 1290. The zero-order chi connectivity index (χ0) is 25.5. The lowest BCUT2D eigenvalue weighted by molar-refractivity contribution is 0.0953. The quantitative estimate of drug-likeness (QED) is 0.219. The van der Waals surface area contributed by atoms with Crippen molar-refractivity contribution in [2.45, 2.75) is 52.0 Å². The van der Waals surface area contributed by atoms with Gasteiger partial charge in [-0.15, -0.1) is 0 Å². The normalized spacial score (nSPS) is 11.6. The van der Waals surface area contributed by atoms with Gasteiger partial charge in [0.1, 0.15) is 11.6 Å². The molecule has 0 radical (unpaired) electrons. The van der Waals surface area contributed by atoms with E-state index in [-0.39, 0.29) is 11.3 Å². The number of benzene rings is 3. The second-order valence-corrected chi connectivity index (χ2v) is 10.9. The molecule has 0 saturated heterocycles. The van der Waals surface area contributed by atoms with E-state index in [9.17, 15) is 4.79 Å². The summed E-state index contributed by atoms with van der Waals surface area (Å²) in [5.41, 5.74) is 4.25. The number of aryl methyl sites for hydroxylation is 2. The monoisotopic (exact) mass is 547 g/mol. The zero-order valence-electron chi connectivity index (χ0n) is 21.3. The largest absolute Gasteiger partial charge is 0.494 e. The van der Waals surface area contributed by atoms with Crippen molar-refractivity contribution >= 4 is 32.9 Å². The number of carbonyl (C=O) groups excluding carboxylic acids is 1. The summed E-state index contributed by atoms with van der Waals surface area (Å²) in [5.74, 6) is 1.90. The summed E-state index contributed by atoms with van der Waals surface area (Å²) < 4.78 is 9.26. The summed E-state index contributed by atoms with van der Waals surface area (Å²) >= 11 is 3.40. The summed E-state index contributed by atoms with van der Waals surface area (Å²) in [6.45, 7) is 8.72. The molecule has 6 heteroatoms. The van der Waals surface area contributed by atoms with E-state index in [1.807, 2.05) is 30.3 Å². The fraction of sp³-hybridized carbons (Fsp3) is 0.333. The molecular formula is C30H34BrN3O2. The van der Waals surface area contributed by atoms with Gasteiger partial charge in [-0.3, -0.25) is 4.79 Å². The summed E-state index contributed by atoms with van der Waals surface area (Å²) in [7, 11) is 0. The number of para-hydroxylation sites is 2. The van der Waals surface area contributed by atoms with E-state index < -0.39 is 0 Å². The molecule has 36 heavy (non-hydrogen) atoms. The van der Waals surface area contributed by atoms with Gasteiger partial charge >= 0.3 is 0 Å². The smallest absolute Gasteiger partial charge is 0.251 e. The first-order chi connectivity index (χ1) is 17.3. The van der Waals surface area contributed by atoms with Gasteiger partial charge in [0, 0.05) is 29.5 Å². The van der Waals surface area contributed by atoms with Gasteiger partial charge in [-0.25, -0.2) is 4.98 Å². The van der Waals surface area contributed by atoms with E-state index in [0.29, 0.717) is 18.7 Å². The Kier molecular flexibility index (Phi) is 8.47. The summed E-state index contributed by atoms with van der Waals surface area (Å²) in [6.07, 6.45) is 2.50. The minimum absolute atomic E-state index is 0.0521. The predicted molar refractivity (Wildman–Crippen MR) is 150 cm³/mol. The number of rotatable bonds is 10. The van der Waals surface area contributed by atoms with Crippen LogP contribution in [0.4, 0.5) is 0 Å². The highest BCUT2D eigenvalue weighted by atomic mass is 79.9. The Morgan fingerprint density at radius 1 is 0.972 bits per heavy atom. The van der Waals surface area contributed by atoms with E-state index in [1.54, 1.807) is 0 Å². The highest BCUT2D eigenvalue weighted by Crippen LogP contribution is 2.24. The Balaban J connectivity index is 1.31. The molecule has 0 spiro atoms. The van der Waals surface area contributed by atoms with E-state index >= 15 is 0 Å². The third-order valence-corrected chi connectivity index (χ3v) is 6.75. The van der Waals surface area contributed by atoms with Gasteiger partial charge in [0.05, 0.1) is 17.6 Å². The molecule has 1 N–H and O–H groups in total. The van der Waals surface area contributed by atoms with Crippen molar-refractivity contribution in [1.29, 1.82) is 0 Å². The van der Waals surface area contributed by atoms with Crippen LogP contribution >= 0.6 is 15.9 Å². The maximum absolute atomic E-state index is 12.4. The van der Waals surface area contributed by atoms with Gasteiger partial charge in [-0.1, -0.05) is 61.0 Å². The number of fused-ring (bicyclic) bond motifs is 1. The number of carbonyl (C=O) groups is 1. The third-order valence-electron chi connectivity index (χ3n) is 6.22. The molecule has 0 fully saturated rings. The summed E-state index contributed by atoms with van der Waals surface area (Å²) in [5, 5.41) is 3.01. The first-order valence-electron chi connectivity index (χ1n) is 12.5. The number of imidazole rings is 1. The maximum atomic E-state index is 12.4. The van der Waals surface area contributed by atoms with E-state index in [0.717, 1.165) is 52.9 Å². The van der Waals surface area contributed by atoms with Crippen LogP contribution < -0.4 is 10.1 Å². The van der Waals surface area contributed by atoms with Crippen molar-refractivity contribution in [2.75, 3.05) is 13.2 Å². The van der Waals surface area contributed by atoms with Crippen LogP contribution in [0, 0.1) is 0 Å². The molecule has 5 nitrogen and oxygen atoms in total. The molecule has 0 atom stereocenters. The summed E-state index contributed by atoms with van der Waals surface area (Å²) in [6, 6.07) is 24.0. The second-order valence-electron chi connectivity index (χ2n) is 10.0. The number of nitrogens with zero attached hydrogens (tertiary/aromatic N) is 2. The van der Waals surface area contributed by atoms with Gasteiger partial charge in [0.25, 0.3) is 5.91 Å². The zero-order valence-corrected chi connectivity index (χ0v) is 22.8. The summed E-state index contributed by atoms with van der Waals surface area (Å²) in [4.78, 5) is 17.2. The molecule has 3 aromatic carbocycles. The van der Waals surface area contributed by atoms with Gasteiger partial charge in [0.2, 0.25) is 0 Å². The molecular weight excluding hydrogens is 514 g/mol. The molecule has 4 rings (SSSR count). The topological polar surface area (TPSA) is 56.1 Å². The van der Waals surface area contributed by atoms with Crippen molar-refractivity contribution in [2.24, 2.45) is 0 Å². The van der Waals surface area contributed by atoms with E-state index in [1.165, 1.54) is 5.56 Å². The molecule has 4 aromatic rings. The molecule has 0 aliphatic rings. The first kappa shape index (κ1) is 26.0. The average Bonchev–Trinajstić information content (AvgIpc) is 3.22. The number of amides is 1. The Morgan fingerprint density at radius 2 is 1.69 bits per heavy atom. The number of halogens is 1. The van der Waals surface area contributed by atoms with Crippen LogP contribution in [-0.2, 0) is 18.4 Å². The van der Waals surface area contributed by atoms with Crippen LogP contribution in [0.5, 0.6) is 5.75 Å². The highest BCUT2D eigenvalue weighted by molar-refractivity contribution is 9.10. The Hall–Kier alpha value is -3.12. The highest BCUT2D eigenvalue weighted by Gasteiger charge is 2.13. The fourth-order valence-corrected chi connectivity index (χ4v) is 4.45. The second kappa shape index (κ2) is 11.7. The number of aromatic nitrogens is 2. The van der Waals surface area contributed by atoms with Crippen LogP contribution in [-0.4, -0.2) is 28.6 Å². The van der Waals surface area contributed by atoms with E-state index in [2.05, 4.69) is 89.0 Å². The Labute approximate surface area is 222 Å². The van der Waals surface area contributed by atoms with Crippen molar-refractivity contribution in [3.63, 3.8) is 0 Å². The van der Waals surface area contributed by atoms with Crippen LogP contribution in [0.25, 0.3) is 11.0 Å². The minimum Gasteiger partial charge on any atom is -0.494 e. The van der Waals surface area contributed by atoms with Gasteiger partial charge in [-0.2, -0.15) is 0 Å². The molecule has 0 unspecified atom stereocenters. The van der Waals surface area contributed by atoms with Crippen LogP contribution in [0.2, 0.25) is 0 Å². The van der Waals surface area contributed by atoms with E-state index in [4.69, 9.17) is 9.72 Å². The van der Waals surface area contributed by atoms with Crippen LogP contribution in [0.15, 0.2) is 77.3 Å². The first-order valence-corrected chi connectivity index (χ1v) is 13.3. The SMILES string of the molecule is CC(C)(C)c1ccc(OCCCn2c(CCCNC(=O)c3ccc(Br)cc3)nc3ccccc32)cc1. The van der Waals surface area contributed by atoms with Crippen molar-refractivity contribution in [1.82, 2.24) is 14.9 Å². The molecule has 0 aliphatic carbocycles. The van der Waals surface area contributed by atoms with Gasteiger partial charge in [-0.05, 0) is 72.4 Å². The molecule has 0 aliphatic heterocycles. The van der Waals surface area contributed by atoms with Crippen molar-refractivity contribution < 1.29 is 9.53 Å². The number of ether oxygens (including phenoxy) is 1. The maximum Gasteiger partial charge on any atom is 0.251 e. The molecule has 0 bridgehead atoms. The lowest BCUT2D eigenvalue weighted by Gasteiger charge is -2.19. The molecule has 0 saturated carbocycles. The number of hydrogen-bond acceptors (Lipinski definition) is 3. The van der Waals surface area contributed by atoms with Gasteiger partial charge < -0.3 is 14.6 Å². The minimum atomic E-state index is -0.0521. The average molecular weight is 549 g/mol. The van der Waals surface area contributed by atoms with Crippen molar-refractivity contribution in [3.8, 4) is 5.75 Å². The number of hydrogen-bond donors (Lipinski definition) is 1. The molecule has 1 aromatic heterocycles. The fourth-order valence-electron chi connectivity index (χ4n) is 4.18. The molecule has 1 amide bonds.